The van der Waals surface area contributed by atoms with E-state index in [1.807, 2.05) is 26.2 Å². The Bertz CT molecular complexity index is 1940. The van der Waals surface area contributed by atoms with Crippen LogP contribution in [0.4, 0.5) is 5.69 Å². The van der Waals surface area contributed by atoms with Gasteiger partial charge >= 0.3 is 0 Å². The predicted molar refractivity (Wildman–Crippen MR) is 224 cm³/mol. The fourth-order valence-electron chi connectivity index (χ4n) is 8.38. The van der Waals surface area contributed by atoms with E-state index in [1.54, 1.807) is 0 Å². The first-order chi connectivity index (χ1) is 25.7. The zero-order chi connectivity index (χ0) is 38.3. The van der Waals surface area contributed by atoms with Gasteiger partial charge in [0, 0.05) is 53.6 Å². The number of nitrogens with zero attached hydrogens (tertiary/aromatic N) is 3. The van der Waals surface area contributed by atoms with Crippen molar-refractivity contribution in [1.82, 2.24) is 25.3 Å². The lowest BCUT2D eigenvalue weighted by Gasteiger charge is -2.47. The van der Waals surface area contributed by atoms with Crippen LogP contribution in [0, 0.1) is 0 Å². The van der Waals surface area contributed by atoms with Crippen molar-refractivity contribution in [3.05, 3.63) is 105 Å². The van der Waals surface area contributed by atoms with Crippen LogP contribution >= 0.6 is 22.9 Å². The number of hydrogen-bond donors (Lipinski definition) is 3. The van der Waals surface area contributed by atoms with Crippen molar-refractivity contribution in [1.29, 1.82) is 0 Å². The van der Waals surface area contributed by atoms with Crippen molar-refractivity contribution in [2.45, 2.75) is 89.1 Å². The molecule has 3 aliphatic heterocycles. The molecule has 7 rings (SSSR count). The second-order valence-corrected chi connectivity index (χ2v) is 22.6. The van der Waals surface area contributed by atoms with Crippen LogP contribution in [0.25, 0.3) is 0 Å². The Labute approximate surface area is 330 Å². The zero-order valence-corrected chi connectivity index (χ0v) is 34.8. The summed E-state index contributed by atoms with van der Waals surface area (Å²) in [6.07, 6.45) is 2.09. The fourth-order valence-corrected chi connectivity index (χ4v) is 14.3. The number of benzene rings is 3. The molecule has 3 aliphatic rings. The molecule has 1 saturated heterocycles. The van der Waals surface area contributed by atoms with Crippen molar-refractivity contribution >= 4 is 67.1 Å². The molecule has 4 aromatic rings. The highest BCUT2D eigenvalue weighted by molar-refractivity contribution is 7.13. The maximum atomic E-state index is 13.8. The summed E-state index contributed by atoms with van der Waals surface area (Å²) in [5, 5.41) is 13.4. The molecule has 9 nitrogen and oxygen atoms in total. The number of thiazole rings is 1. The van der Waals surface area contributed by atoms with Crippen molar-refractivity contribution < 1.29 is 14.0 Å². The van der Waals surface area contributed by atoms with E-state index in [0.717, 1.165) is 47.8 Å². The summed E-state index contributed by atoms with van der Waals surface area (Å²) in [6.45, 7) is 15.1. The molecule has 4 heterocycles. The van der Waals surface area contributed by atoms with E-state index in [1.165, 1.54) is 21.7 Å². The summed E-state index contributed by atoms with van der Waals surface area (Å²) in [7, 11) is -0.652. The number of hydrogen-bond acceptors (Lipinski definition) is 8. The second-order valence-electron chi connectivity index (χ2n) is 16.8. The van der Waals surface area contributed by atoms with E-state index in [0.29, 0.717) is 36.1 Å². The smallest absolute Gasteiger partial charge is 0.280 e. The molecule has 0 spiro atoms. The van der Waals surface area contributed by atoms with Crippen molar-refractivity contribution in [3.8, 4) is 0 Å². The Morgan fingerprint density at radius 3 is 2.33 bits per heavy atom. The predicted octanol–water partition coefficient (Wildman–Crippen LogP) is 4.38. The number of fused-ring (bicyclic) bond motifs is 2. The van der Waals surface area contributed by atoms with Gasteiger partial charge in [0.25, 0.3) is 14.2 Å². The van der Waals surface area contributed by atoms with Crippen LogP contribution in [0.1, 0.15) is 67.0 Å². The van der Waals surface area contributed by atoms with Gasteiger partial charge in [-0.25, -0.2) is 4.98 Å². The summed E-state index contributed by atoms with van der Waals surface area (Å²) in [4.78, 5) is 37.9. The van der Waals surface area contributed by atoms with Gasteiger partial charge in [-0.15, -0.1) is 11.3 Å². The third-order valence-corrected chi connectivity index (χ3v) is 17.7. The van der Waals surface area contributed by atoms with Crippen LogP contribution in [0.2, 0.25) is 10.1 Å². The number of carbonyl (C=O) groups is 2. The molecular formula is C41H52BClN6O3SSi. The molecule has 284 valence electrons. The highest BCUT2D eigenvalue weighted by Gasteiger charge is 2.51. The Morgan fingerprint density at radius 1 is 0.981 bits per heavy atom. The number of anilines is 1. The average Bonchev–Trinajstić information content (AvgIpc) is 3.78. The molecule has 13 heteroatoms. The van der Waals surface area contributed by atoms with E-state index in [-0.39, 0.29) is 40.5 Å². The maximum Gasteiger partial charge on any atom is 0.280 e. The number of piperidine rings is 1. The lowest BCUT2D eigenvalue weighted by Crippen LogP contribution is -2.68. The van der Waals surface area contributed by atoms with Crippen molar-refractivity contribution in [2.24, 2.45) is 0 Å². The number of rotatable bonds is 10. The van der Waals surface area contributed by atoms with Crippen molar-refractivity contribution in [2.75, 3.05) is 31.6 Å². The summed E-state index contributed by atoms with van der Waals surface area (Å²) in [6, 6.07) is 26.4. The first kappa shape index (κ1) is 38.7. The number of nitrogens with one attached hydrogen (secondary N) is 3. The minimum absolute atomic E-state index is 0.0672. The van der Waals surface area contributed by atoms with Crippen LogP contribution in [0.3, 0.4) is 0 Å². The Kier molecular flexibility index (Phi) is 11.2. The maximum absolute atomic E-state index is 13.8. The van der Waals surface area contributed by atoms with E-state index >= 15 is 0 Å². The Balaban J connectivity index is 1.02. The van der Waals surface area contributed by atoms with Gasteiger partial charge < -0.3 is 25.2 Å². The second kappa shape index (κ2) is 15.6. The molecule has 2 amide bonds. The average molecular weight is 783 g/mol. The third kappa shape index (κ3) is 7.92. The molecule has 54 heavy (non-hydrogen) atoms. The van der Waals surface area contributed by atoms with Gasteiger partial charge in [0.05, 0.1) is 24.4 Å². The molecule has 0 aliphatic carbocycles. The highest BCUT2D eigenvalue weighted by Crippen LogP contribution is 2.38. The van der Waals surface area contributed by atoms with E-state index in [2.05, 4.69) is 121 Å². The number of aromatic nitrogens is 1. The first-order valence-corrected chi connectivity index (χ1v) is 22.2. The molecule has 1 fully saturated rings. The number of carbonyl (C=O) groups excluding carboxylic acids is 2. The molecular weight excluding hydrogens is 731 g/mol. The molecule has 0 radical (unpaired) electrons. The van der Waals surface area contributed by atoms with Crippen LogP contribution in [-0.2, 0) is 28.6 Å². The van der Waals surface area contributed by atoms with Gasteiger partial charge in [-0.05, 0) is 66.0 Å². The minimum Gasteiger partial charge on any atom is -0.406 e. The van der Waals surface area contributed by atoms with Gasteiger partial charge in [0.1, 0.15) is 6.04 Å². The summed E-state index contributed by atoms with van der Waals surface area (Å²) in [5.74, 6) is -0.252. The van der Waals surface area contributed by atoms with E-state index < -0.39 is 8.32 Å². The molecule has 3 N–H and O–H groups in total. The SMILES string of the molecule is BN1CC[C@H](NC(=O)C2Cc3cc(Cl)ccc3N2)[C@H](NC(=O)c2nc3c(s2)CN(C(C)(C)CO[Si](c2ccccc2)(c2ccccc2)C(C)(C)C)CC3)C1. The zero-order valence-electron chi connectivity index (χ0n) is 32.2. The van der Waals surface area contributed by atoms with Gasteiger partial charge in [0.2, 0.25) is 5.91 Å². The molecule has 1 unspecified atom stereocenters. The number of halogens is 1. The van der Waals surface area contributed by atoms with E-state index in [9.17, 15) is 9.59 Å². The first-order valence-electron chi connectivity index (χ1n) is 19.1. The van der Waals surface area contributed by atoms with Gasteiger partial charge in [-0.2, -0.15) is 0 Å². The van der Waals surface area contributed by atoms with Gasteiger partial charge in [-0.3, -0.25) is 14.5 Å². The molecule has 0 bridgehead atoms. The summed E-state index contributed by atoms with van der Waals surface area (Å²) in [5.41, 5.74) is 2.71. The molecule has 3 aromatic carbocycles. The van der Waals surface area contributed by atoms with Crippen LogP contribution in [-0.4, -0.2) is 92.7 Å². The standard InChI is InChI=1S/C41H52BClN6O3SSi/c1-40(2,3)54(29-12-8-6-9-13-29,30-14-10-7-11-15-30)52-26-41(4,5)48-20-18-33-36(25-48)53-39(47-33)38(51)46-35-24-49(42)21-19-32(35)45-37(50)34-23-27-22-28(43)16-17-31(27)44-34/h6-17,22,32,34-35,44H,18-21,23-26,42H2,1-5H3,(H,45,50)(H,46,51)/t32-,34?,35+/m0/s1. The summed E-state index contributed by atoms with van der Waals surface area (Å²) < 4.78 is 7.38. The lowest BCUT2D eigenvalue weighted by atomic mass is 9.96. The summed E-state index contributed by atoms with van der Waals surface area (Å²) >= 11 is 7.68. The van der Waals surface area contributed by atoms with Crippen LogP contribution in [0.15, 0.2) is 78.9 Å². The van der Waals surface area contributed by atoms with Gasteiger partial charge in [0.15, 0.2) is 13.0 Å². The van der Waals surface area contributed by atoms with Crippen LogP contribution < -0.4 is 26.3 Å². The topological polar surface area (TPSA) is 98.8 Å². The van der Waals surface area contributed by atoms with E-state index in [4.69, 9.17) is 21.0 Å². The third-order valence-electron chi connectivity index (χ3n) is 11.4. The molecule has 1 aromatic heterocycles. The van der Waals surface area contributed by atoms with Gasteiger partial charge in [-0.1, -0.05) is 93.0 Å². The fraction of sp³-hybridized carbons (Fsp3) is 0.439. The molecule has 3 atom stereocenters. The molecule has 0 saturated carbocycles. The normalized spacial score (nSPS) is 20.8. The van der Waals surface area contributed by atoms with Crippen molar-refractivity contribution in [3.63, 3.8) is 0 Å². The monoisotopic (exact) mass is 782 g/mol. The minimum atomic E-state index is -2.70. The lowest BCUT2D eigenvalue weighted by molar-refractivity contribution is -0.122. The quantitative estimate of drug-likeness (QED) is 0.206. The highest BCUT2D eigenvalue weighted by atomic mass is 35.5. The largest absolute Gasteiger partial charge is 0.406 e. The number of amides is 2. The Hall–Kier alpha value is -3.52. The Morgan fingerprint density at radius 2 is 1.67 bits per heavy atom. The van der Waals surface area contributed by atoms with Crippen LogP contribution in [0.5, 0.6) is 0 Å².